The van der Waals surface area contributed by atoms with Crippen LogP contribution in [0.2, 0.25) is 0 Å². The van der Waals surface area contributed by atoms with Crippen LogP contribution < -0.4 is 14.4 Å². The van der Waals surface area contributed by atoms with E-state index in [1.165, 1.54) is 23.9 Å². The molecule has 3 aromatic carbocycles. The van der Waals surface area contributed by atoms with Gasteiger partial charge in [-0.2, -0.15) is 8.42 Å². The summed E-state index contributed by atoms with van der Waals surface area (Å²) in [5, 5.41) is 3.15. The topological polar surface area (TPSA) is 108 Å². The van der Waals surface area contributed by atoms with Crippen LogP contribution in [-0.2, 0) is 28.1 Å². The number of fused-ring (bicyclic) bond motifs is 1. The van der Waals surface area contributed by atoms with Crippen molar-refractivity contribution in [3.05, 3.63) is 94.1 Å². The van der Waals surface area contributed by atoms with Crippen LogP contribution in [0.15, 0.2) is 76.6 Å². The van der Waals surface area contributed by atoms with E-state index >= 15 is 0 Å². The van der Waals surface area contributed by atoms with Gasteiger partial charge in [-0.3, -0.25) is 9.35 Å². The zero-order chi connectivity index (χ0) is 25.3. The largest absolute Gasteiger partial charge is 0.489 e. The van der Waals surface area contributed by atoms with Crippen molar-refractivity contribution in [2.75, 3.05) is 10.8 Å². The normalized spacial score (nSPS) is 17.5. The quantitative estimate of drug-likeness (QED) is 0.363. The summed E-state index contributed by atoms with van der Waals surface area (Å²) in [6.45, 7) is 0.484. The van der Waals surface area contributed by atoms with Crippen molar-refractivity contribution in [1.82, 2.24) is 5.32 Å². The molecular weight excluding hydrogens is 505 g/mol. The van der Waals surface area contributed by atoms with Crippen LogP contribution in [0.1, 0.15) is 16.7 Å². The van der Waals surface area contributed by atoms with Gasteiger partial charge >= 0.3 is 10.3 Å². The van der Waals surface area contributed by atoms with Gasteiger partial charge in [0.2, 0.25) is 0 Å². The van der Waals surface area contributed by atoms with Crippen LogP contribution in [-0.4, -0.2) is 30.6 Å². The molecule has 0 atom stereocenters. The highest BCUT2D eigenvalue weighted by molar-refractivity contribution is 8.18. The Kier molecular flexibility index (Phi) is 6.52. The van der Waals surface area contributed by atoms with Crippen LogP contribution in [0, 0.1) is 5.82 Å². The number of amidine groups is 1. The highest BCUT2D eigenvalue weighted by Gasteiger charge is 2.28. The van der Waals surface area contributed by atoms with Gasteiger partial charge in [0.25, 0.3) is 5.91 Å². The molecule has 5 rings (SSSR count). The Morgan fingerprint density at radius 2 is 1.86 bits per heavy atom. The van der Waals surface area contributed by atoms with Crippen molar-refractivity contribution >= 4 is 50.6 Å². The van der Waals surface area contributed by atoms with Gasteiger partial charge in [0.05, 0.1) is 16.3 Å². The maximum absolute atomic E-state index is 13.0. The average Bonchev–Trinajstić information content (AvgIpc) is 3.42. The second-order valence-corrected chi connectivity index (χ2v) is 10.4. The first-order valence-electron chi connectivity index (χ1n) is 10.9. The maximum Gasteiger partial charge on any atom is 0.359 e. The van der Waals surface area contributed by atoms with Crippen molar-refractivity contribution in [3.63, 3.8) is 0 Å². The average molecular weight is 526 g/mol. The van der Waals surface area contributed by atoms with Crippen LogP contribution in [0.3, 0.4) is 0 Å². The molecule has 184 valence electrons. The van der Waals surface area contributed by atoms with Gasteiger partial charge in [0.1, 0.15) is 18.2 Å². The van der Waals surface area contributed by atoms with Crippen LogP contribution in [0.5, 0.6) is 5.75 Å². The fourth-order valence-electron chi connectivity index (χ4n) is 3.82. The molecule has 0 radical (unpaired) electrons. The number of hydrogen-bond donors (Lipinski definition) is 2. The molecule has 0 bridgehead atoms. The Morgan fingerprint density at radius 3 is 2.58 bits per heavy atom. The molecule has 0 aromatic heterocycles. The van der Waals surface area contributed by atoms with Crippen molar-refractivity contribution < 1.29 is 26.9 Å². The van der Waals surface area contributed by atoms with E-state index in [1.54, 1.807) is 48.5 Å². The van der Waals surface area contributed by atoms with Gasteiger partial charge in [-0.1, -0.05) is 24.3 Å². The predicted molar refractivity (Wildman–Crippen MR) is 137 cm³/mol. The number of benzene rings is 3. The SMILES string of the molecule is O=C1NC(=Nc2ccc3c(c2)CCN3S(=O)(=O)O)SC1=Cc1ccc(OCc2ccc(F)cc2)cc1. The Labute approximate surface area is 211 Å². The lowest BCUT2D eigenvalue weighted by Crippen LogP contribution is -2.27. The van der Waals surface area contributed by atoms with Gasteiger partial charge in [-0.05, 0) is 83.4 Å². The standard InChI is InChI=1S/C25H20FN3O5S2/c26-19-5-1-17(2-6-19)15-34-21-8-3-16(4-9-21)13-23-24(30)28-25(35-23)27-20-7-10-22-18(14-20)11-12-29(22)36(31,32)33/h1-10,13-14H,11-12,15H2,(H,27,28,30)(H,31,32,33). The first-order chi connectivity index (χ1) is 17.2. The predicted octanol–water partition coefficient (Wildman–Crippen LogP) is 4.46. The van der Waals surface area contributed by atoms with Crippen molar-refractivity contribution in [2.24, 2.45) is 4.99 Å². The lowest BCUT2D eigenvalue weighted by atomic mass is 10.1. The van der Waals surface area contributed by atoms with Crippen molar-refractivity contribution in [1.29, 1.82) is 0 Å². The van der Waals surface area contributed by atoms with Crippen LogP contribution in [0.4, 0.5) is 15.8 Å². The summed E-state index contributed by atoms with van der Waals surface area (Å²) >= 11 is 1.20. The van der Waals surface area contributed by atoms with E-state index in [4.69, 9.17) is 4.74 Å². The molecule has 0 saturated carbocycles. The Balaban J connectivity index is 1.24. The number of ether oxygens (including phenoxy) is 1. The molecule has 1 amide bonds. The first kappa shape index (κ1) is 24.0. The van der Waals surface area contributed by atoms with E-state index in [2.05, 4.69) is 10.3 Å². The Hall–Kier alpha value is -3.67. The molecule has 2 aliphatic heterocycles. The minimum absolute atomic E-state index is 0.169. The zero-order valence-electron chi connectivity index (χ0n) is 18.7. The van der Waals surface area contributed by atoms with Crippen molar-refractivity contribution in [2.45, 2.75) is 13.0 Å². The van der Waals surface area contributed by atoms with E-state index in [9.17, 15) is 22.2 Å². The highest BCUT2D eigenvalue weighted by Crippen LogP contribution is 2.34. The fraction of sp³-hybridized carbons (Fsp3) is 0.120. The van der Waals surface area contributed by atoms with Crippen LogP contribution in [0.25, 0.3) is 6.08 Å². The third-order valence-corrected chi connectivity index (χ3v) is 7.42. The summed E-state index contributed by atoms with van der Waals surface area (Å²) in [6.07, 6.45) is 2.21. The fourth-order valence-corrected chi connectivity index (χ4v) is 5.41. The molecular formula is C25H20FN3O5S2. The van der Waals surface area contributed by atoms with E-state index in [0.717, 1.165) is 21.0 Å². The van der Waals surface area contributed by atoms with Gasteiger partial charge in [-0.25, -0.2) is 13.7 Å². The molecule has 3 aromatic rings. The molecule has 0 spiro atoms. The number of hydrogen-bond acceptors (Lipinski definition) is 6. The third kappa shape index (κ3) is 5.43. The number of nitrogens with zero attached hydrogens (tertiary/aromatic N) is 2. The summed E-state index contributed by atoms with van der Waals surface area (Å²) in [6, 6.07) is 18.3. The summed E-state index contributed by atoms with van der Waals surface area (Å²) in [4.78, 5) is 17.4. The number of rotatable bonds is 6. The number of aliphatic imine (C=N–C) groups is 1. The summed E-state index contributed by atoms with van der Waals surface area (Å²) in [5.41, 5.74) is 3.41. The van der Waals surface area contributed by atoms with Gasteiger partial charge in [0.15, 0.2) is 5.17 Å². The van der Waals surface area contributed by atoms with Crippen molar-refractivity contribution in [3.8, 4) is 5.75 Å². The number of anilines is 1. The molecule has 2 N–H and O–H groups in total. The lowest BCUT2D eigenvalue weighted by Gasteiger charge is -2.14. The summed E-state index contributed by atoms with van der Waals surface area (Å²) in [5.74, 6) is 0.0861. The highest BCUT2D eigenvalue weighted by atomic mass is 32.2. The summed E-state index contributed by atoms with van der Waals surface area (Å²) in [7, 11) is -4.31. The molecule has 0 aliphatic carbocycles. The van der Waals surface area contributed by atoms with E-state index < -0.39 is 10.3 Å². The number of thioether (sulfide) groups is 1. The molecule has 8 nitrogen and oxygen atoms in total. The van der Waals surface area contributed by atoms with Crippen LogP contribution >= 0.6 is 11.8 Å². The van der Waals surface area contributed by atoms with E-state index in [1.807, 2.05) is 12.1 Å². The molecule has 2 heterocycles. The minimum atomic E-state index is -4.31. The molecule has 2 aliphatic rings. The first-order valence-corrected chi connectivity index (χ1v) is 13.1. The zero-order valence-corrected chi connectivity index (χ0v) is 20.4. The van der Waals surface area contributed by atoms with Gasteiger partial charge < -0.3 is 10.1 Å². The molecule has 36 heavy (non-hydrogen) atoms. The monoisotopic (exact) mass is 525 g/mol. The minimum Gasteiger partial charge on any atom is -0.489 e. The lowest BCUT2D eigenvalue weighted by molar-refractivity contribution is -0.115. The molecule has 1 fully saturated rings. The van der Waals surface area contributed by atoms with Gasteiger partial charge in [0, 0.05) is 6.54 Å². The number of carbonyl (C=O) groups excluding carboxylic acids is 1. The molecule has 0 unspecified atom stereocenters. The number of halogens is 1. The van der Waals surface area contributed by atoms with Gasteiger partial charge in [-0.15, -0.1) is 0 Å². The molecule has 1 saturated heterocycles. The Morgan fingerprint density at radius 1 is 1.11 bits per heavy atom. The Bertz CT molecular complexity index is 1490. The maximum atomic E-state index is 13.0. The number of carbonyl (C=O) groups is 1. The number of nitrogens with one attached hydrogen (secondary N) is 1. The second-order valence-electron chi connectivity index (χ2n) is 8.08. The summed E-state index contributed by atoms with van der Waals surface area (Å²) < 4.78 is 52.0. The smallest absolute Gasteiger partial charge is 0.359 e. The third-order valence-electron chi connectivity index (χ3n) is 5.57. The number of amides is 1. The van der Waals surface area contributed by atoms with E-state index in [-0.39, 0.29) is 18.3 Å². The molecule has 11 heteroatoms. The second kappa shape index (κ2) is 9.76. The van der Waals surface area contributed by atoms with E-state index in [0.29, 0.717) is 40.2 Å².